The SMILES string of the molecule is CCc1cccc2c(/C=C3\SC(=O)NC3=O)cn(CC(=O)NCc3ccco3)c12. The molecule has 0 atom stereocenters. The second kappa shape index (κ2) is 8.00. The molecule has 2 aromatic heterocycles. The Kier molecular flexibility index (Phi) is 5.26. The van der Waals surface area contributed by atoms with Gasteiger partial charge in [-0.15, -0.1) is 0 Å². The van der Waals surface area contributed by atoms with Crippen molar-refractivity contribution in [3.63, 3.8) is 0 Å². The molecule has 1 aromatic carbocycles. The van der Waals surface area contributed by atoms with Crippen molar-refractivity contribution < 1.29 is 18.8 Å². The maximum absolute atomic E-state index is 12.5. The largest absolute Gasteiger partial charge is 0.467 e. The highest BCUT2D eigenvalue weighted by Crippen LogP contribution is 2.31. The second-order valence-electron chi connectivity index (χ2n) is 6.59. The predicted octanol–water partition coefficient (Wildman–Crippen LogP) is 3.44. The minimum atomic E-state index is -0.399. The molecule has 7 nitrogen and oxygen atoms in total. The molecule has 0 saturated carbocycles. The third kappa shape index (κ3) is 3.97. The van der Waals surface area contributed by atoms with Gasteiger partial charge in [-0.2, -0.15) is 0 Å². The van der Waals surface area contributed by atoms with Gasteiger partial charge in [0.25, 0.3) is 11.1 Å². The summed E-state index contributed by atoms with van der Waals surface area (Å²) in [5, 5.41) is 5.67. The lowest BCUT2D eigenvalue weighted by Crippen LogP contribution is -2.26. The molecule has 8 heteroatoms. The summed E-state index contributed by atoms with van der Waals surface area (Å²) < 4.78 is 7.13. The summed E-state index contributed by atoms with van der Waals surface area (Å²) in [6, 6.07) is 9.51. The minimum absolute atomic E-state index is 0.135. The van der Waals surface area contributed by atoms with Crippen LogP contribution in [0.4, 0.5) is 4.79 Å². The molecule has 29 heavy (non-hydrogen) atoms. The third-order valence-electron chi connectivity index (χ3n) is 4.68. The predicted molar refractivity (Wildman–Crippen MR) is 111 cm³/mol. The van der Waals surface area contributed by atoms with Gasteiger partial charge in [0.05, 0.1) is 23.2 Å². The van der Waals surface area contributed by atoms with E-state index >= 15 is 0 Å². The van der Waals surface area contributed by atoms with Crippen LogP contribution in [0.5, 0.6) is 0 Å². The van der Waals surface area contributed by atoms with Crippen molar-refractivity contribution in [2.75, 3.05) is 0 Å². The van der Waals surface area contributed by atoms with Crippen molar-refractivity contribution in [1.82, 2.24) is 15.2 Å². The molecular weight excluding hydrogens is 390 g/mol. The quantitative estimate of drug-likeness (QED) is 0.609. The van der Waals surface area contributed by atoms with Gasteiger partial charge >= 0.3 is 0 Å². The standard InChI is InChI=1S/C21H19N3O4S/c1-2-13-5-3-7-16-14(9-17-20(26)23-21(27)29-17)11-24(19(13)16)12-18(25)22-10-15-6-4-8-28-15/h3-9,11H,2,10,12H2,1H3,(H,22,25)(H,23,26,27)/b17-9-. The monoisotopic (exact) mass is 409 g/mol. The number of amides is 3. The van der Waals surface area contributed by atoms with Gasteiger partial charge in [0.15, 0.2) is 0 Å². The Balaban J connectivity index is 1.66. The van der Waals surface area contributed by atoms with Crippen molar-refractivity contribution in [2.24, 2.45) is 0 Å². The van der Waals surface area contributed by atoms with Crippen LogP contribution in [-0.2, 0) is 29.1 Å². The average Bonchev–Trinajstić information content (AvgIpc) is 3.41. The molecule has 3 heterocycles. The number of furan rings is 1. The van der Waals surface area contributed by atoms with Crippen molar-refractivity contribution in [2.45, 2.75) is 26.4 Å². The summed E-state index contributed by atoms with van der Waals surface area (Å²) >= 11 is 0.879. The van der Waals surface area contributed by atoms with Crippen LogP contribution in [-0.4, -0.2) is 21.6 Å². The first kappa shape index (κ1) is 19.1. The molecule has 0 radical (unpaired) electrons. The molecule has 1 saturated heterocycles. The van der Waals surface area contributed by atoms with Crippen LogP contribution in [0.3, 0.4) is 0 Å². The summed E-state index contributed by atoms with van der Waals surface area (Å²) in [5.74, 6) is 0.139. The number of thioether (sulfide) groups is 1. The lowest BCUT2D eigenvalue weighted by molar-refractivity contribution is -0.121. The van der Waals surface area contributed by atoms with E-state index in [9.17, 15) is 14.4 Å². The summed E-state index contributed by atoms with van der Waals surface area (Å²) in [7, 11) is 0. The lowest BCUT2D eigenvalue weighted by atomic mass is 10.1. The molecule has 0 spiro atoms. The van der Waals surface area contributed by atoms with E-state index in [4.69, 9.17) is 4.42 Å². The minimum Gasteiger partial charge on any atom is -0.467 e. The summed E-state index contributed by atoms with van der Waals surface area (Å²) in [4.78, 5) is 36.2. The zero-order valence-corrected chi connectivity index (χ0v) is 16.5. The van der Waals surface area contributed by atoms with E-state index in [1.54, 1.807) is 24.5 Å². The first-order chi connectivity index (χ1) is 14.0. The number of hydrogen-bond donors (Lipinski definition) is 2. The van der Waals surface area contributed by atoms with Gasteiger partial charge in [0, 0.05) is 17.1 Å². The molecule has 1 aliphatic heterocycles. The van der Waals surface area contributed by atoms with Gasteiger partial charge in [-0.1, -0.05) is 25.1 Å². The lowest BCUT2D eigenvalue weighted by Gasteiger charge is -2.09. The molecule has 0 unspecified atom stereocenters. The fraction of sp³-hybridized carbons (Fsp3) is 0.190. The van der Waals surface area contributed by atoms with Gasteiger partial charge in [-0.3, -0.25) is 19.7 Å². The van der Waals surface area contributed by atoms with E-state index < -0.39 is 5.91 Å². The van der Waals surface area contributed by atoms with Gasteiger partial charge in [0.2, 0.25) is 5.91 Å². The Morgan fingerprint density at radius 2 is 2.14 bits per heavy atom. The summed E-state index contributed by atoms with van der Waals surface area (Å²) in [6.45, 7) is 2.51. The number of nitrogens with zero attached hydrogens (tertiary/aromatic N) is 1. The summed E-state index contributed by atoms with van der Waals surface area (Å²) in [6.07, 6.45) is 5.92. The number of nitrogens with one attached hydrogen (secondary N) is 2. The number of aromatic nitrogens is 1. The number of para-hydroxylation sites is 1. The number of rotatable bonds is 6. The van der Waals surface area contributed by atoms with E-state index in [0.29, 0.717) is 17.2 Å². The molecule has 1 fully saturated rings. The van der Waals surface area contributed by atoms with E-state index in [1.165, 1.54) is 0 Å². The second-order valence-corrected chi connectivity index (χ2v) is 7.60. The fourth-order valence-electron chi connectivity index (χ4n) is 3.36. The Morgan fingerprint density at radius 1 is 1.28 bits per heavy atom. The van der Waals surface area contributed by atoms with Crippen LogP contribution in [0.25, 0.3) is 17.0 Å². The Morgan fingerprint density at radius 3 is 2.83 bits per heavy atom. The molecule has 1 aliphatic rings. The number of carbonyl (C=O) groups is 3. The van der Waals surface area contributed by atoms with E-state index in [-0.39, 0.29) is 17.7 Å². The maximum atomic E-state index is 12.5. The van der Waals surface area contributed by atoms with Crippen LogP contribution in [0.15, 0.2) is 52.1 Å². The van der Waals surface area contributed by atoms with Crippen molar-refractivity contribution in [3.8, 4) is 0 Å². The van der Waals surface area contributed by atoms with Crippen molar-refractivity contribution >= 4 is 45.8 Å². The molecule has 0 bridgehead atoms. The number of benzene rings is 1. The fourth-order valence-corrected chi connectivity index (χ4v) is 4.04. The van der Waals surface area contributed by atoms with Gasteiger partial charge < -0.3 is 14.3 Å². The topological polar surface area (TPSA) is 93.3 Å². The highest BCUT2D eigenvalue weighted by molar-refractivity contribution is 8.18. The number of carbonyl (C=O) groups excluding carboxylic acids is 3. The average molecular weight is 409 g/mol. The zero-order valence-electron chi connectivity index (χ0n) is 15.7. The van der Waals surface area contributed by atoms with Crippen LogP contribution >= 0.6 is 11.8 Å². The van der Waals surface area contributed by atoms with Gasteiger partial charge in [-0.25, -0.2) is 0 Å². The van der Waals surface area contributed by atoms with Crippen LogP contribution < -0.4 is 10.6 Å². The molecular formula is C21H19N3O4S. The zero-order chi connectivity index (χ0) is 20.4. The molecule has 0 aliphatic carbocycles. The number of fused-ring (bicyclic) bond motifs is 1. The molecule has 3 aromatic rings. The van der Waals surface area contributed by atoms with Crippen LogP contribution in [0.1, 0.15) is 23.8 Å². The number of aryl methyl sites for hydroxylation is 1. The highest BCUT2D eigenvalue weighted by atomic mass is 32.2. The first-order valence-electron chi connectivity index (χ1n) is 9.20. The van der Waals surface area contributed by atoms with Crippen LogP contribution in [0.2, 0.25) is 0 Å². The van der Waals surface area contributed by atoms with Crippen molar-refractivity contribution in [3.05, 3.63) is 64.6 Å². The normalized spacial score (nSPS) is 15.3. The highest BCUT2D eigenvalue weighted by Gasteiger charge is 2.25. The van der Waals surface area contributed by atoms with E-state index in [1.807, 2.05) is 29.0 Å². The Bertz CT molecular complexity index is 1130. The van der Waals surface area contributed by atoms with E-state index in [0.717, 1.165) is 40.2 Å². The smallest absolute Gasteiger partial charge is 0.290 e. The van der Waals surface area contributed by atoms with E-state index in [2.05, 4.69) is 17.6 Å². The molecule has 3 amide bonds. The number of hydrogen-bond acceptors (Lipinski definition) is 5. The third-order valence-corrected chi connectivity index (χ3v) is 5.49. The molecule has 2 N–H and O–H groups in total. The van der Waals surface area contributed by atoms with Gasteiger partial charge in [-0.05, 0) is 42.0 Å². The first-order valence-corrected chi connectivity index (χ1v) is 10.0. The van der Waals surface area contributed by atoms with Crippen molar-refractivity contribution in [1.29, 1.82) is 0 Å². The van der Waals surface area contributed by atoms with Crippen LogP contribution in [0, 0.1) is 0 Å². The Labute approximate surface area is 171 Å². The number of imide groups is 1. The van der Waals surface area contributed by atoms with Gasteiger partial charge in [0.1, 0.15) is 12.3 Å². The molecule has 148 valence electrons. The molecule has 4 rings (SSSR count). The maximum Gasteiger partial charge on any atom is 0.290 e. The Hall–Kier alpha value is -3.26. The summed E-state index contributed by atoms with van der Waals surface area (Å²) in [5.41, 5.74) is 2.84.